The van der Waals surface area contributed by atoms with Crippen LogP contribution in [0.1, 0.15) is 6.92 Å². The highest BCUT2D eigenvalue weighted by atomic mass is 32.2. The molecule has 3 heterocycles. The van der Waals surface area contributed by atoms with Crippen LogP contribution in [0.3, 0.4) is 0 Å². The average molecular weight is 354 g/mol. The number of amides is 2. The molecule has 9 heteroatoms. The molecule has 122 valence electrons. The van der Waals surface area contributed by atoms with Gasteiger partial charge in [-0.15, -0.1) is 23.1 Å². The number of aliphatic hydroxyl groups is 1. The van der Waals surface area contributed by atoms with Gasteiger partial charge < -0.3 is 15.1 Å². The molecule has 0 radical (unpaired) electrons. The molecule has 1 aromatic rings. The molecule has 7 nitrogen and oxygen atoms in total. The van der Waals surface area contributed by atoms with Gasteiger partial charge in [0.2, 0.25) is 5.91 Å². The van der Waals surface area contributed by atoms with E-state index >= 15 is 0 Å². The van der Waals surface area contributed by atoms with Crippen molar-refractivity contribution in [3.8, 4) is 0 Å². The number of thioether (sulfide) groups is 1. The fourth-order valence-electron chi connectivity index (χ4n) is 2.69. The SMILES string of the molecule is CC(=O)N(c1cccs1)C1C(=O)N2C=C(CO)C(C(=O)O)S[C@H]12. The molecule has 0 bridgehead atoms. The van der Waals surface area contributed by atoms with Crippen LogP contribution in [0.15, 0.2) is 29.3 Å². The zero-order valence-electron chi connectivity index (χ0n) is 12.1. The molecule has 0 aliphatic carbocycles. The molecule has 1 aromatic heterocycles. The molecule has 2 aliphatic heterocycles. The van der Waals surface area contributed by atoms with Crippen LogP contribution >= 0.6 is 23.1 Å². The average Bonchev–Trinajstić information content (AvgIpc) is 3.04. The van der Waals surface area contributed by atoms with Crippen molar-refractivity contribution in [3.63, 3.8) is 0 Å². The highest BCUT2D eigenvalue weighted by Gasteiger charge is 2.55. The van der Waals surface area contributed by atoms with Crippen LogP contribution in [0, 0.1) is 0 Å². The van der Waals surface area contributed by atoms with Gasteiger partial charge in [-0.3, -0.25) is 19.3 Å². The van der Waals surface area contributed by atoms with E-state index in [0.29, 0.717) is 5.00 Å². The molecule has 23 heavy (non-hydrogen) atoms. The van der Waals surface area contributed by atoms with E-state index in [2.05, 4.69) is 0 Å². The molecule has 3 atom stereocenters. The lowest BCUT2D eigenvalue weighted by Gasteiger charge is -2.51. The van der Waals surface area contributed by atoms with Gasteiger partial charge in [-0.25, -0.2) is 0 Å². The zero-order chi connectivity index (χ0) is 16.7. The molecule has 2 amide bonds. The zero-order valence-corrected chi connectivity index (χ0v) is 13.7. The second-order valence-corrected chi connectivity index (χ2v) is 7.29. The normalized spacial score (nSPS) is 26.2. The fourth-order valence-corrected chi connectivity index (χ4v) is 4.89. The van der Waals surface area contributed by atoms with Gasteiger partial charge in [0.15, 0.2) is 0 Å². The lowest BCUT2D eigenvalue weighted by molar-refractivity contribution is -0.143. The lowest BCUT2D eigenvalue weighted by Crippen LogP contribution is -2.70. The molecule has 1 saturated heterocycles. The number of hydrogen-bond donors (Lipinski definition) is 2. The maximum absolute atomic E-state index is 12.4. The van der Waals surface area contributed by atoms with E-state index in [9.17, 15) is 24.6 Å². The second-order valence-electron chi connectivity index (χ2n) is 5.14. The van der Waals surface area contributed by atoms with Gasteiger partial charge in [0, 0.05) is 13.1 Å². The minimum atomic E-state index is -1.07. The molecule has 2 unspecified atom stereocenters. The predicted molar refractivity (Wildman–Crippen MR) is 86.1 cm³/mol. The Kier molecular flexibility index (Phi) is 4.17. The molecule has 2 aliphatic rings. The summed E-state index contributed by atoms with van der Waals surface area (Å²) in [4.78, 5) is 38.6. The minimum Gasteiger partial charge on any atom is -0.480 e. The number of aliphatic carboxylic acids is 1. The number of carbonyl (C=O) groups excluding carboxylic acids is 2. The van der Waals surface area contributed by atoms with Gasteiger partial charge in [-0.1, -0.05) is 0 Å². The Bertz CT molecular complexity index is 687. The van der Waals surface area contributed by atoms with Crippen molar-refractivity contribution in [2.75, 3.05) is 11.5 Å². The molecule has 2 N–H and O–H groups in total. The fraction of sp³-hybridized carbons (Fsp3) is 0.357. The molecule has 3 rings (SSSR count). The second kappa shape index (κ2) is 5.99. The highest BCUT2D eigenvalue weighted by Crippen LogP contribution is 2.44. The number of thiophene rings is 1. The number of carboxylic acids is 1. The van der Waals surface area contributed by atoms with Gasteiger partial charge in [0.25, 0.3) is 5.91 Å². The number of fused-ring (bicyclic) bond motifs is 1. The Hall–Kier alpha value is -1.84. The van der Waals surface area contributed by atoms with Crippen LogP contribution in [0.25, 0.3) is 0 Å². The quantitative estimate of drug-likeness (QED) is 0.773. The standard InChI is InChI=1S/C14H14N2O5S2/c1-7(18)16(9-3-2-4-22-9)10-12(19)15-5-8(6-17)11(14(20)21)23-13(10)15/h2-5,10-11,13,17H,6H2,1H3,(H,20,21)/t10?,11?,13-/m1/s1. The Morgan fingerprint density at radius 2 is 2.17 bits per heavy atom. The predicted octanol–water partition coefficient (Wildman–Crippen LogP) is 0.714. The van der Waals surface area contributed by atoms with Crippen molar-refractivity contribution in [1.29, 1.82) is 0 Å². The van der Waals surface area contributed by atoms with E-state index in [1.54, 1.807) is 12.1 Å². The number of carbonyl (C=O) groups is 3. The summed E-state index contributed by atoms with van der Waals surface area (Å²) in [6, 6.07) is 2.81. The summed E-state index contributed by atoms with van der Waals surface area (Å²) >= 11 is 2.41. The van der Waals surface area contributed by atoms with Crippen LogP contribution in [0.5, 0.6) is 0 Å². The van der Waals surface area contributed by atoms with Crippen LogP contribution in [0.2, 0.25) is 0 Å². The van der Waals surface area contributed by atoms with Gasteiger partial charge in [0.1, 0.15) is 16.7 Å². The lowest BCUT2D eigenvalue weighted by atomic mass is 10.0. The van der Waals surface area contributed by atoms with Crippen molar-refractivity contribution < 1.29 is 24.6 Å². The monoisotopic (exact) mass is 354 g/mol. The summed E-state index contributed by atoms with van der Waals surface area (Å²) in [6.45, 7) is 0.958. The van der Waals surface area contributed by atoms with E-state index < -0.39 is 29.2 Å². The van der Waals surface area contributed by atoms with Gasteiger partial charge in [0.05, 0.1) is 11.6 Å². The van der Waals surface area contributed by atoms with Crippen molar-refractivity contribution in [3.05, 3.63) is 29.3 Å². The number of carboxylic acid groups (broad SMARTS) is 1. The van der Waals surface area contributed by atoms with E-state index in [1.165, 1.54) is 34.3 Å². The van der Waals surface area contributed by atoms with Gasteiger partial charge >= 0.3 is 5.97 Å². The van der Waals surface area contributed by atoms with Crippen LogP contribution < -0.4 is 4.90 Å². The first kappa shape index (κ1) is 16.0. The Labute approximate surface area is 140 Å². The maximum atomic E-state index is 12.4. The summed E-state index contributed by atoms with van der Waals surface area (Å²) in [6.07, 6.45) is 1.39. The molecule has 0 aromatic carbocycles. The third-order valence-corrected chi connectivity index (χ3v) is 6.14. The van der Waals surface area contributed by atoms with Gasteiger partial charge in [-0.2, -0.15) is 0 Å². The van der Waals surface area contributed by atoms with E-state index in [1.807, 2.05) is 5.38 Å². The molecular weight excluding hydrogens is 340 g/mol. The van der Waals surface area contributed by atoms with Crippen molar-refractivity contribution in [1.82, 2.24) is 4.90 Å². The largest absolute Gasteiger partial charge is 0.480 e. The smallest absolute Gasteiger partial charge is 0.321 e. The number of rotatable bonds is 4. The number of nitrogens with zero attached hydrogens (tertiary/aromatic N) is 2. The summed E-state index contributed by atoms with van der Waals surface area (Å²) < 4.78 is 0. The topological polar surface area (TPSA) is 98.2 Å². The van der Waals surface area contributed by atoms with Gasteiger partial charge in [-0.05, 0) is 23.1 Å². The van der Waals surface area contributed by atoms with Crippen molar-refractivity contribution in [2.24, 2.45) is 0 Å². The molecule has 0 saturated carbocycles. The van der Waals surface area contributed by atoms with E-state index in [4.69, 9.17) is 0 Å². The van der Waals surface area contributed by atoms with E-state index in [-0.39, 0.29) is 17.4 Å². The Balaban J connectivity index is 1.92. The number of aliphatic hydroxyl groups excluding tert-OH is 1. The number of hydrogen-bond acceptors (Lipinski definition) is 6. The van der Waals surface area contributed by atoms with Crippen LogP contribution in [0.4, 0.5) is 5.00 Å². The summed E-state index contributed by atoms with van der Waals surface area (Å²) in [5, 5.41) is 19.7. The first-order valence-electron chi connectivity index (χ1n) is 6.81. The molecule has 0 spiro atoms. The summed E-state index contributed by atoms with van der Waals surface area (Å²) in [5.41, 5.74) is 0.274. The Morgan fingerprint density at radius 1 is 1.43 bits per heavy atom. The third kappa shape index (κ3) is 2.54. The maximum Gasteiger partial charge on any atom is 0.321 e. The molecular formula is C14H14N2O5S2. The summed E-state index contributed by atoms with van der Waals surface area (Å²) in [5.74, 6) is -1.62. The first-order chi connectivity index (χ1) is 11.0. The first-order valence-corrected chi connectivity index (χ1v) is 8.63. The minimum absolute atomic E-state index is 0.269. The summed E-state index contributed by atoms with van der Waals surface area (Å²) in [7, 11) is 0. The number of β-lactam (4-membered cyclic amide) rings is 1. The van der Waals surface area contributed by atoms with Crippen LogP contribution in [-0.4, -0.2) is 56.2 Å². The third-order valence-electron chi connectivity index (χ3n) is 3.74. The van der Waals surface area contributed by atoms with Crippen LogP contribution in [-0.2, 0) is 14.4 Å². The highest BCUT2D eigenvalue weighted by molar-refractivity contribution is 8.01. The van der Waals surface area contributed by atoms with Crippen molar-refractivity contribution >= 4 is 45.9 Å². The van der Waals surface area contributed by atoms with E-state index in [0.717, 1.165) is 11.8 Å². The Morgan fingerprint density at radius 3 is 2.70 bits per heavy atom. The molecule has 1 fully saturated rings. The van der Waals surface area contributed by atoms with Crippen molar-refractivity contribution in [2.45, 2.75) is 23.6 Å². The number of anilines is 1.